The third-order valence-corrected chi connectivity index (χ3v) is 6.06. The summed E-state index contributed by atoms with van der Waals surface area (Å²) in [5, 5.41) is 0. The molecule has 0 aromatic carbocycles. The van der Waals surface area contributed by atoms with Crippen LogP contribution in [0, 0.1) is 12.8 Å². The first kappa shape index (κ1) is 18.5. The Kier molecular flexibility index (Phi) is 7.09. The van der Waals surface area contributed by atoms with Gasteiger partial charge in [0.2, 0.25) is 0 Å². The molecule has 1 aliphatic heterocycles. The van der Waals surface area contributed by atoms with Crippen molar-refractivity contribution in [2.45, 2.75) is 52.9 Å². The zero-order chi connectivity index (χ0) is 16.8. The second kappa shape index (κ2) is 8.84. The first-order valence-electron chi connectivity index (χ1n) is 9.12. The maximum atomic E-state index is 12.7. The number of rotatable bonds is 7. The molecule has 0 spiro atoms. The Bertz CT molecular complexity index is 503. The molecule has 1 amide bonds. The second-order valence-corrected chi connectivity index (χ2v) is 8.15. The van der Waals surface area contributed by atoms with Crippen LogP contribution in [0.4, 0.5) is 0 Å². The van der Waals surface area contributed by atoms with E-state index in [1.807, 2.05) is 0 Å². The van der Waals surface area contributed by atoms with Crippen molar-refractivity contribution in [2.24, 2.45) is 5.92 Å². The number of amides is 1. The SMILES string of the molecule is CCCCN(C)CC1CCN(C(=O)c2cc(CC)c(C)s2)CC1. The molecule has 0 saturated carbocycles. The molecule has 1 saturated heterocycles. The summed E-state index contributed by atoms with van der Waals surface area (Å²) >= 11 is 1.66. The maximum Gasteiger partial charge on any atom is 0.263 e. The Morgan fingerprint density at radius 1 is 1.35 bits per heavy atom. The van der Waals surface area contributed by atoms with Crippen molar-refractivity contribution in [3.63, 3.8) is 0 Å². The number of carbonyl (C=O) groups is 1. The van der Waals surface area contributed by atoms with Gasteiger partial charge in [0.25, 0.3) is 5.91 Å². The van der Waals surface area contributed by atoms with Crippen LogP contribution in [-0.2, 0) is 6.42 Å². The quantitative estimate of drug-likeness (QED) is 0.745. The van der Waals surface area contributed by atoms with Gasteiger partial charge in [-0.05, 0) is 63.7 Å². The lowest BCUT2D eigenvalue weighted by Crippen LogP contribution is -2.41. The fourth-order valence-electron chi connectivity index (χ4n) is 3.41. The van der Waals surface area contributed by atoms with Crippen LogP contribution in [0.25, 0.3) is 0 Å². The number of hydrogen-bond acceptors (Lipinski definition) is 3. The van der Waals surface area contributed by atoms with Crippen molar-refractivity contribution < 1.29 is 4.79 Å². The molecular formula is C19H32N2OS. The molecule has 1 fully saturated rings. The molecule has 1 aromatic heterocycles. The average molecular weight is 337 g/mol. The molecule has 4 heteroatoms. The van der Waals surface area contributed by atoms with Gasteiger partial charge in [-0.15, -0.1) is 11.3 Å². The minimum Gasteiger partial charge on any atom is -0.338 e. The average Bonchev–Trinajstić information content (AvgIpc) is 2.94. The Hall–Kier alpha value is -0.870. The van der Waals surface area contributed by atoms with Crippen molar-refractivity contribution in [3.8, 4) is 0 Å². The van der Waals surface area contributed by atoms with E-state index in [9.17, 15) is 4.79 Å². The van der Waals surface area contributed by atoms with Gasteiger partial charge in [-0.25, -0.2) is 0 Å². The molecule has 0 radical (unpaired) electrons. The fraction of sp³-hybridized carbons (Fsp3) is 0.737. The molecule has 23 heavy (non-hydrogen) atoms. The van der Waals surface area contributed by atoms with E-state index >= 15 is 0 Å². The molecule has 2 rings (SSSR count). The highest BCUT2D eigenvalue weighted by atomic mass is 32.1. The van der Waals surface area contributed by atoms with E-state index in [2.05, 4.69) is 43.7 Å². The van der Waals surface area contributed by atoms with Crippen molar-refractivity contribution in [1.29, 1.82) is 0 Å². The summed E-state index contributed by atoms with van der Waals surface area (Å²) in [4.78, 5) is 19.4. The fourth-order valence-corrected chi connectivity index (χ4v) is 4.49. The normalized spacial score (nSPS) is 16.3. The van der Waals surface area contributed by atoms with Crippen LogP contribution in [0.3, 0.4) is 0 Å². The summed E-state index contributed by atoms with van der Waals surface area (Å²) in [7, 11) is 2.23. The van der Waals surface area contributed by atoms with Crippen LogP contribution in [0.5, 0.6) is 0 Å². The predicted molar refractivity (Wildman–Crippen MR) is 99.5 cm³/mol. The Balaban J connectivity index is 1.82. The predicted octanol–water partition coefficient (Wildman–Crippen LogP) is 4.20. The largest absolute Gasteiger partial charge is 0.338 e. The number of carbonyl (C=O) groups excluding carboxylic acids is 1. The molecule has 0 atom stereocenters. The third kappa shape index (κ3) is 5.05. The highest BCUT2D eigenvalue weighted by Gasteiger charge is 2.25. The lowest BCUT2D eigenvalue weighted by Gasteiger charge is -2.33. The summed E-state index contributed by atoms with van der Waals surface area (Å²) in [5.41, 5.74) is 1.32. The van der Waals surface area contributed by atoms with Gasteiger partial charge in [-0.2, -0.15) is 0 Å². The van der Waals surface area contributed by atoms with E-state index in [0.717, 1.165) is 43.1 Å². The van der Waals surface area contributed by atoms with Crippen LogP contribution >= 0.6 is 11.3 Å². The number of piperidine rings is 1. The molecule has 1 aliphatic rings. The highest BCUT2D eigenvalue weighted by molar-refractivity contribution is 7.14. The summed E-state index contributed by atoms with van der Waals surface area (Å²) in [6, 6.07) is 2.10. The van der Waals surface area contributed by atoms with Gasteiger partial charge < -0.3 is 9.80 Å². The Labute approximate surface area is 145 Å². The topological polar surface area (TPSA) is 23.6 Å². The number of nitrogens with zero attached hydrogens (tertiary/aromatic N) is 2. The second-order valence-electron chi connectivity index (χ2n) is 6.90. The van der Waals surface area contributed by atoms with E-state index in [0.29, 0.717) is 0 Å². The van der Waals surface area contributed by atoms with Gasteiger partial charge in [-0.1, -0.05) is 20.3 Å². The van der Waals surface area contributed by atoms with Gasteiger partial charge in [-0.3, -0.25) is 4.79 Å². The molecule has 3 nitrogen and oxygen atoms in total. The van der Waals surface area contributed by atoms with E-state index in [4.69, 9.17) is 0 Å². The molecule has 0 unspecified atom stereocenters. The van der Waals surface area contributed by atoms with Crippen molar-refractivity contribution in [1.82, 2.24) is 9.80 Å². The summed E-state index contributed by atoms with van der Waals surface area (Å²) in [6.45, 7) is 10.7. The van der Waals surface area contributed by atoms with Crippen LogP contribution in [0.1, 0.15) is 59.6 Å². The van der Waals surface area contributed by atoms with E-state index in [1.54, 1.807) is 11.3 Å². The van der Waals surface area contributed by atoms with E-state index in [-0.39, 0.29) is 5.91 Å². The van der Waals surface area contributed by atoms with Gasteiger partial charge >= 0.3 is 0 Å². The minimum atomic E-state index is 0.246. The lowest BCUT2D eigenvalue weighted by atomic mass is 9.96. The number of aryl methyl sites for hydroxylation is 2. The van der Waals surface area contributed by atoms with Gasteiger partial charge in [0.05, 0.1) is 4.88 Å². The molecule has 1 aromatic rings. The first-order valence-corrected chi connectivity index (χ1v) is 9.93. The number of thiophene rings is 1. The van der Waals surface area contributed by atoms with Crippen LogP contribution in [-0.4, -0.2) is 48.9 Å². The smallest absolute Gasteiger partial charge is 0.263 e. The molecule has 0 aliphatic carbocycles. The summed E-state index contributed by atoms with van der Waals surface area (Å²) in [5.74, 6) is 0.993. The minimum absolute atomic E-state index is 0.246. The molecule has 130 valence electrons. The third-order valence-electron chi connectivity index (χ3n) is 4.98. The van der Waals surface area contributed by atoms with Crippen molar-refractivity contribution in [2.75, 3.05) is 33.2 Å². The van der Waals surface area contributed by atoms with Crippen LogP contribution in [0.2, 0.25) is 0 Å². The molecule has 2 heterocycles. The van der Waals surface area contributed by atoms with Crippen molar-refractivity contribution in [3.05, 3.63) is 21.4 Å². The standard InChI is InChI=1S/C19H32N2OS/c1-5-7-10-20(4)14-16-8-11-21(12-9-16)19(22)18-13-17(6-2)15(3)23-18/h13,16H,5-12,14H2,1-4H3. The number of unbranched alkanes of at least 4 members (excludes halogenated alkanes) is 1. The van der Waals surface area contributed by atoms with Crippen molar-refractivity contribution >= 4 is 17.2 Å². The molecule has 0 bridgehead atoms. The van der Waals surface area contributed by atoms with Gasteiger partial charge in [0.1, 0.15) is 0 Å². The monoisotopic (exact) mass is 336 g/mol. The summed E-state index contributed by atoms with van der Waals surface area (Å²) < 4.78 is 0. The van der Waals surface area contributed by atoms with Gasteiger partial charge in [0.15, 0.2) is 0 Å². The van der Waals surface area contributed by atoms with E-state index in [1.165, 1.54) is 36.4 Å². The number of hydrogen-bond donors (Lipinski definition) is 0. The van der Waals surface area contributed by atoms with Crippen LogP contribution < -0.4 is 0 Å². The zero-order valence-corrected chi connectivity index (χ0v) is 16.0. The van der Waals surface area contributed by atoms with Gasteiger partial charge in [0, 0.05) is 24.5 Å². The van der Waals surface area contributed by atoms with E-state index < -0.39 is 0 Å². The molecule has 0 N–H and O–H groups in total. The maximum absolute atomic E-state index is 12.7. The molecular weight excluding hydrogens is 304 g/mol. The van der Waals surface area contributed by atoms with Crippen LogP contribution in [0.15, 0.2) is 6.07 Å². The Morgan fingerprint density at radius 2 is 2.04 bits per heavy atom. The number of likely N-dealkylation sites (tertiary alicyclic amines) is 1. The Morgan fingerprint density at radius 3 is 2.61 bits per heavy atom. The zero-order valence-electron chi connectivity index (χ0n) is 15.2. The first-order chi connectivity index (χ1) is 11.0. The lowest BCUT2D eigenvalue weighted by molar-refractivity contribution is 0.0678. The summed E-state index contributed by atoms with van der Waals surface area (Å²) in [6.07, 6.45) is 5.85. The highest BCUT2D eigenvalue weighted by Crippen LogP contribution is 2.26.